The predicted octanol–water partition coefficient (Wildman–Crippen LogP) is 2.77. The highest BCUT2D eigenvalue weighted by atomic mass is 35.5. The third-order valence-corrected chi connectivity index (χ3v) is 5.25. The molecule has 20 heavy (non-hydrogen) atoms. The summed E-state index contributed by atoms with van der Waals surface area (Å²) >= 11 is 11.8. The van der Waals surface area contributed by atoms with Crippen molar-refractivity contribution in [2.45, 2.75) is 25.4 Å². The van der Waals surface area contributed by atoms with Gasteiger partial charge >= 0.3 is 0 Å². The van der Waals surface area contributed by atoms with E-state index < -0.39 is 0 Å². The zero-order valence-electron chi connectivity index (χ0n) is 11.1. The summed E-state index contributed by atoms with van der Waals surface area (Å²) in [6, 6.07) is 5.29. The summed E-state index contributed by atoms with van der Waals surface area (Å²) in [6.45, 7) is 1.47. The van der Waals surface area contributed by atoms with Gasteiger partial charge < -0.3 is 10.0 Å². The van der Waals surface area contributed by atoms with Crippen LogP contribution in [-0.2, 0) is 11.2 Å². The Bertz CT molecular complexity index is 535. The lowest BCUT2D eigenvalue weighted by Crippen LogP contribution is -2.32. The minimum atomic E-state index is -0.234. The van der Waals surface area contributed by atoms with Gasteiger partial charge in [-0.2, -0.15) is 0 Å². The van der Waals surface area contributed by atoms with Crippen LogP contribution in [0.1, 0.15) is 18.4 Å². The Kier molecular flexibility index (Phi) is 3.93. The molecule has 3 unspecified atom stereocenters. The van der Waals surface area contributed by atoms with Crippen LogP contribution in [-0.4, -0.2) is 35.1 Å². The van der Waals surface area contributed by atoms with Crippen LogP contribution in [0.4, 0.5) is 0 Å². The molecule has 1 N–H and O–H groups in total. The highest BCUT2D eigenvalue weighted by molar-refractivity contribution is 6.42. The van der Waals surface area contributed by atoms with Gasteiger partial charge in [0.05, 0.1) is 22.6 Å². The molecule has 1 aromatic rings. The molecular formula is C15H17Cl2NO2. The molecule has 5 heteroatoms. The van der Waals surface area contributed by atoms with E-state index in [1.807, 2.05) is 11.0 Å². The second kappa shape index (κ2) is 5.55. The highest BCUT2D eigenvalue weighted by Crippen LogP contribution is 2.38. The van der Waals surface area contributed by atoms with Crippen LogP contribution in [0.5, 0.6) is 0 Å². The minimum absolute atomic E-state index is 0.102. The van der Waals surface area contributed by atoms with Gasteiger partial charge in [0, 0.05) is 19.0 Å². The van der Waals surface area contributed by atoms with Gasteiger partial charge in [0.2, 0.25) is 5.91 Å². The van der Waals surface area contributed by atoms with Gasteiger partial charge in [0.15, 0.2) is 0 Å². The average Bonchev–Trinajstić information content (AvgIpc) is 2.97. The maximum atomic E-state index is 12.3. The molecule has 0 spiro atoms. The van der Waals surface area contributed by atoms with E-state index in [4.69, 9.17) is 23.2 Å². The number of carbonyl (C=O) groups is 1. The number of aliphatic hydroxyl groups is 1. The number of halogens is 2. The number of carbonyl (C=O) groups excluding carboxylic acids is 1. The molecule has 2 aliphatic rings. The molecule has 0 bridgehead atoms. The Balaban J connectivity index is 1.64. The van der Waals surface area contributed by atoms with Crippen molar-refractivity contribution in [1.29, 1.82) is 0 Å². The Morgan fingerprint density at radius 3 is 2.75 bits per heavy atom. The average molecular weight is 314 g/mol. The van der Waals surface area contributed by atoms with Crippen molar-refractivity contribution in [1.82, 2.24) is 4.90 Å². The van der Waals surface area contributed by atoms with E-state index in [0.29, 0.717) is 28.9 Å². The molecule has 1 heterocycles. The summed E-state index contributed by atoms with van der Waals surface area (Å²) in [5.74, 6) is 0.848. The Morgan fingerprint density at radius 1 is 1.25 bits per heavy atom. The smallest absolute Gasteiger partial charge is 0.227 e. The zero-order chi connectivity index (χ0) is 14.3. The van der Waals surface area contributed by atoms with Crippen molar-refractivity contribution in [3.05, 3.63) is 33.8 Å². The fourth-order valence-electron chi connectivity index (χ4n) is 3.38. The molecule has 3 nitrogen and oxygen atoms in total. The molecule has 1 saturated carbocycles. The topological polar surface area (TPSA) is 40.5 Å². The largest absolute Gasteiger partial charge is 0.393 e. The van der Waals surface area contributed by atoms with E-state index in [1.165, 1.54) is 0 Å². The van der Waals surface area contributed by atoms with E-state index in [1.54, 1.807) is 12.1 Å². The molecule has 1 saturated heterocycles. The van der Waals surface area contributed by atoms with E-state index in [0.717, 1.165) is 24.9 Å². The second-order valence-corrected chi connectivity index (χ2v) is 6.61. The molecule has 1 aliphatic carbocycles. The minimum Gasteiger partial charge on any atom is -0.393 e. The third kappa shape index (κ3) is 2.67. The number of rotatable bonds is 2. The van der Waals surface area contributed by atoms with Crippen molar-refractivity contribution < 1.29 is 9.90 Å². The summed E-state index contributed by atoms with van der Waals surface area (Å²) in [6.07, 6.45) is 2.02. The van der Waals surface area contributed by atoms with Crippen LogP contribution in [0.25, 0.3) is 0 Å². The third-order valence-electron chi connectivity index (χ3n) is 4.51. The molecule has 3 rings (SSSR count). The van der Waals surface area contributed by atoms with Gasteiger partial charge in [0.25, 0.3) is 0 Å². The lowest BCUT2D eigenvalue weighted by molar-refractivity contribution is -0.129. The van der Waals surface area contributed by atoms with Crippen LogP contribution in [0, 0.1) is 11.8 Å². The molecule has 2 fully saturated rings. The van der Waals surface area contributed by atoms with Gasteiger partial charge in [-0.3, -0.25) is 4.79 Å². The van der Waals surface area contributed by atoms with E-state index >= 15 is 0 Å². The van der Waals surface area contributed by atoms with Gasteiger partial charge in [-0.25, -0.2) is 0 Å². The quantitative estimate of drug-likeness (QED) is 0.912. The van der Waals surface area contributed by atoms with Crippen molar-refractivity contribution in [3.63, 3.8) is 0 Å². The monoisotopic (exact) mass is 313 g/mol. The van der Waals surface area contributed by atoms with Gasteiger partial charge in [0.1, 0.15) is 0 Å². The number of aliphatic hydroxyl groups excluding tert-OH is 1. The van der Waals surface area contributed by atoms with Crippen LogP contribution >= 0.6 is 23.2 Å². The number of benzene rings is 1. The zero-order valence-corrected chi connectivity index (χ0v) is 12.6. The first-order valence-electron chi connectivity index (χ1n) is 6.94. The standard InChI is InChI=1S/C15H17Cl2NO2/c16-12-3-1-9(5-13(12)17)6-15(20)18-7-10-2-4-14(19)11(10)8-18/h1,3,5,10-11,14,19H,2,4,6-8H2. The first-order valence-corrected chi connectivity index (χ1v) is 7.70. The molecule has 1 aliphatic heterocycles. The molecule has 0 radical (unpaired) electrons. The van der Waals surface area contributed by atoms with Gasteiger partial charge in [-0.1, -0.05) is 29.3 Å². The summed E-state index contributed by atoms with van der Waals surface area (Å²) in [4.78, 5) is 14.2. The molecule has 1 amide bonds. The normalized spacial score (nSPS) is 28.8. The number of hydrogen-bond acceptors (Lipinski definition) is 2. The van der Waals surface area contributed by atoms with Crippen molar-refractivity contribution in [2.24, 2.45) is 11.8 Å². The lowest BCUT2D eigenvalue weighted by Gasteiger charge is -2.18. The maximum Gasteiger partial charge on any atom is 0.227 e. The summed E-state index contributed by atoms with van der Waals surface area (Å²) < 4.78 is 0. The van der Waals surface area contributed by atoms with Crippen molar-refractivity contribution in [2.75, 3.05) is 13.1 Å². The molecule has 0 aromatic heterocycles. The van der Waals surface area contributed by atoms with Crippen LogP contribution in [0.3, 0.4) is 0 Å². The molecule has 1 aromatic carbocycles. The first kappa shape index (κ1) is 14.2. The molecule has 108 valence electrons. The number of hydrogen-bond donors (Lipinski definition) is 1. The summed E-state index contributed by atoms with van der Waals surface area (Å²) in [5.41, 5.74) is 0.877. The van der Waals surface area contributed by atoms with Crippen LogP contribution in [0.2, 0.25) is 10.0 Å². The van der Waals surface area contributed by atoms with E-state index in [-0.39, 0.29) is 17.9 Å². The number of amides is 1. The van der Waals surface area contributed by atoms with Crippen molar-refractivity contribution in [3.8, 4) is 0 Å². The van der Waals surface area contributed by atoms with Gasteiger partial charge in [-0.15, -0.1) is 0 Å². The van der Waals surface area contributed by atoms with Crippen molar-refractivity contribution >= 4 is 29.1 Å². The SMILES string of the molecule is O=C(Cc1ccc(Cl)c(Cl)c1)N1CC2CCC(O)C2C1. The molecular weight excluding hydrogens is 297 g/mol. The Hall–Kier alpha value is -0.770. The highest BCUT2D eigenvalue weighted by Gasteiger charge is 2.43. The fraction of sp³-hybridized carbons (Fsp3) is 0.533. The predicted molar refractivity (Wildman–Crippen MR) is 79.0 cm³/mol. The number of nitrogens with zero attached hydrogens (tertiary/aromatic N) is 1. The van der Waals surface area contributed by atoms with Crippen LogP contribution < -0.4 is 0 Å². The summed E-state index contributed by atoms with van der Waals surface area (Å²) in [7, 11) is 0. The summed E-state index contributed by atoms with van der Waals surface area (Å²) in [5, 5.41) is 10.9. The van der Waals surface area contributed by atoms with Gasteiger partial charge in [-0.05, 0) is 36.5 Å². The molecule has 3 atom stereocenters. The second-order valence-electron chi connectivity index (χ2n) is 5.79. The fourth-order valence-corrected chi connectivity index (χ4v) is 3.70. The number of likely N-dealkylation sites (tertiary alicyclic amines) is 1. The van der Waals surface area contributed by atoms with E-state index in [2.05, 4.69) is 0 Å². The first-order chi connectivity index (χ1) is 9.54. The van der Waals surface area contributed by atoms with E-state index in [9.17, 15) is 9.90 Å². The Morgan fingerprint density at radius 2 is 2.05 bits per heavy atom. The maximum absolute atomic E-state index is 12.3. The van der Waals surface area contributed by atoms with Crippen LogP contribution in [0.15, 0.2) is 18.2 Å². The lowest BCUT2D eigenvalue weighted by atomic mass is 10.00. The number of fused-ring (bicyclic) bond motifs is 1. The Labute approximate surface area is 128 Å².